The van der Waals surface area contributed by atoms with E-state index in [4.69, 9.17) is 4.74 Å². The summed E-state index contributed by atoms with van der Waals surface area (Å²) < 4.78 is 7.49. The molecule has 23 heavy (non-hydrogen) atoms. The van der Waals surface area contributed by atoms with Gasteiger partial charge in [0.25, 0.3) is 5.56 Å². The Morgan fingerprint density at radius 2 is 2.04 bits per heavy atom. The Bertz CT molecular complexity index is 809. The van der Waals surface area contributed by atoms with Crippen LogP contribution in [0, 0.1) is 6.92 Å². The standard InChI is InChI=1S/C16H20BrN3O3/c1-6-19(15(22)23-16(3,4)5)20-10(2)13(17)11-7-8-18-9-12(11)14(20)21/h7-9H,6H2,1-5H3. The highest BCUT2D eigenvalue weighted by atomic mass is 79.9. The number of pyridine rings is 2. The first-order chi connectivity index (χ1) is 10.7. The highest BCUT2D eigenvalue weighted by Crippen LogP contribution is 2.24. The van der Waals surface area contributed by atoms with Crippen molar-refractivity contribution in [3.05, 3.63) is 39.0 Å². The summed E-state index contributed by atoms with van der Waals surface area (Å²) >= 11 is 3.51. The van der Waals surface area contributed by atoms with E-state index in [9.17, 15) is 9.59 Å². The first-order valence-electron chi connectivity index (χ1n) is 7.33. The molecule has 1 amide bonds. The van der Waals surface area contributed by atoms with Gasteiger partial charge in [0.05, 0.1) is 11.1 Å². The number of amides is 1. The lowest BCUT2D eigenvalue weighted by Gasteiger charge is -2.29. The molecule has 0 bridgehead atoms. The van der Waals surface area contributed by atoms with E-state index in [1.165, 1.54) is 15.9 Å². The molecule has 0 aliphatic heterocycles. The monoisotopic (exact) mass is 381 g/mol. The van der Waals surface area contributed by atoms with E-state index in [1.54, 1.807) is 46.9 Å². The highest BCUT2D eigenvalue weighted by molar-refractivity contribution is 9.10. The van der Waals surface area contributed by atoms with Crippen LogP contribution < -0.4 is 10.6 Å². The number of aromatic nitrogens is 2. The predicted octanol–water partition coefficient (Wildman–Crippen LogP) is 3.36. The average Bonchev–Trinajstić information content (AvgIpc) is 2.47. The first-order valence-corrected chi connectivity index (χ1v) is 8.12. The highest BCUT2D eigenvalue weighted by Gasteiger charge is 2.25. The zero-order chi connectivity index (χ0) is 17.4. The fourth-order valence-corrected chi connectivity index (χ4v) is 2.78. The van der Waals surface area contributed by atoms with E-state index >= 15 is 0 Å². The van der Waals surface area contributed by atoms with Crippen molar-refractivity contribution < 1.29 is 9.53 Å². The molecule has 0 saturated heterocycles. The Morgan fingerprint density at radius 3 is 2.61 bits per heavy atom. The number of hydrogen-bond donors (Lipinski definition) is 0. The second-order valence-corrected chi connectivity index (χ2v) is 6.93. The fourth-order valence-electron chi connectivity index (χ4n) is 2.27. The van der Waals surface area contributed by atoms with Gasteiger partial charge in [-0.1, -0.05) is 0 Å². The number of fused-ring (bicyclic) bond motifs is 1. The van der Waals surface area contributed by atoms with Crippen LogP contribution in [0.5, 0.6) is 0 Å². The average molecular weight is 382 g/mol. The summed E-state index contributed by atoms with van der Waals surface area (Å²) in [6, 6.07) is 1.77. The molecule has 0 unspecified atom stereocenters. The second kappa shape index (κ2) is 6.31. The summed E-state index contributed by atoms with van der Waals surface area (Å²) in [4.78, 5) is 29.3. The summed E-state index contributed by atoms with van der Waals surface area (Å²) in [7, 11) is 0. The van der Waals surface area contributed by atoms with Crippen LogP contribution in [-0.2, 0) is 4.74 Å². The quantitative estimate of drug-likeness (QED) is 0.799. The van der Waals surface area contributed by atoms with E-state index in [2.05, 4.69) is 20.9 Å². The molecule has 0 spiro atoms. The van der Waals surface area contributed by atoms with Crippen molar-refractivity contribution in [3.63, 3.8) is 0 Å². The predicted molar refractivity (Wildman–Crippen MR) is 93.4 cm³/mol. The van der Waals surface area contributed by atoms with Gasteiger partial charge in [-0.15, -0.1) is 0 Å². The molecule has 6 nitrogen and oxygen atoms in total. The van der Waals surface area contributed by atoms with Gasteiger partial charge in [0.15, 0.2) is 0 Å². The van der Waals surface area contributed by atoms with Crippen LogP contribution >= 0.6 is 15.9 Å². The van der Waals surface area contributed by atoms with Gasteiger partial charge >= 0.3 is 6.09 Å². The molecule has 0 saturated carbocycles. The van der Waals surface area contributed by atoms with Crippen molar-refractivity contribution in [2.75, 3.05) is 11.6 Å². The Hall–Kier alpha value is -1.89. The number of carbonyl (C=O) groups excluding carboxylic acids is 1. The van der Waals surface area contributed by atoms with Gasteiger partial charge in [0.2, 0.25) is 0 Å². The van der Waals surface area contributed by atoms with Gasteiger partial charge in [-0.05, 0) is 56.6 Å². The number of nitrogens with zero attached hydrogens (tertiary/aromatic N) is 3. The molecular formula is C16H20BrN3O3. The van der Waals surface area contributed by atoms with Crippen molar-refractivity contribution in [1.82, 2.24) is 9.66 Å². The van der Waals surface area contributed by atoms with Crippen LogP contribution in [0.3, 0.4) is 0 Å². The van der Waals surface area contributed by atoms with Crippen LogP contribution in [-0.4, -0.2) is 27.9 Å². The molecule has 2 rings (SSSR count). The Kier molecular flexibility index (Phi) is 4.79. The van der Waals surface area contributed by atoms with Gasteiger partial charge in [0, 0.05) is 28.8 Å². The zero-order valence-corrected chi connectivity index (χ0v) is 15.5. The maximum absolute atomic E-state index is 12.8. The maximum atomic E-state index is 12.8. The summed E-state index contributed by atoms with van der Waals surface area (Å²) in [5, 5.41) is 2.49. The molecule has 2 aromatic rings. The molecular weight excluding hydrogens is 362 g/mol. The molecule has 2 aromatic heterocycles. The summed E-state index contributed by atoms with van der Waals surface area (Å²) in [6.45, 7) is 9.22. The fraction of sp³-hybridized carbons (Fsp3) is 0.438. The number of ether oxygens (including phenoxy) is 1. The van der Waals surface area contributed by atoms with Gasteiger partial charge in [0.1, 0.15) is 5.60 Å². The minimum atomic E-state index is -0.641. The van der Waals surface area contributed by atoms with Crippen LogP contribution in [0.15, 0.2) is 27.7 Å². The zero-order valence-electron chi connectivity index (χ0n) is 13.9. The molecule has 0 atom stereocenters. The van der Waals surface area contributed by atoms with Crippen LogP contribution in [0.4, 0.5) is 4.79 Å². The second-order valence-electron chi connectivity index (χ2n) is 6.13. The number of hydrogen-bond acceptors (Lipinski definition) is 4. The molecule has 0 aromatic carbocycles. The van der Waals surface area contributed by atoms with Crippen molar-refractivity contribution in [2.45, 2.75) is 40.2 Å². The van der Waals surface area contributed by atoms with Crippen molar-refractivity contribution >= 4 is 32.8 Å². The SMILES string of the molecule is CCN(C(=O)OC(C)(C)C)n1c(C)c(Br)c2ccncc2c1=O. The number of carbonyl (C=O) groups is 1. The van der Waals surface area contributed by atoms with E-state index in [0.29, 0.717) is 17.6 Å². The van der Waals surface area contributed by atoms with Crippen LogP contribution in [0.1, 0.15) is 33.4 Å². The lowest BCUT2D eigenvalue weighted by atomic mass is 10.2. The third kappa shape index (κ3) is 3.39. The third-order valence-corrected chi connectivity index (χ3v) is 4.26. The lowest BCUT2D eigenvalue weighted by molar-refractivity contribution is 0.0538. The summed E-state index contributed by atoms with van der Waals surface area (Å²) in [5.74, 6) is 0. The number of rotatable bonds is 2. The molecule has 0 N–H and O–H groups in total. The van der Waals surface area contributed by atoms with Crippen molar-refractivity contribution in [3.8, 4) is 0 Å². The van der Waals surface area contributed by atoms with E-state index in [1.807, 2.05) is 0 Å². The van der Waals surface area contributed by atoms with Gasteiger partial charge in [-0.2, -0.15) is 0 Å². The minimum absolute atomic E-state index is 0.299. The largest absolute Gasteiger partial charge is 0.442 e. The molecule has 0 aliphatic rings. The normalized spacial score (nSPS) is 11.6. The molecule has 7 heteroatoms. The minimum Gasteiger partial charge on any atom is -0.442 e. The smallest absolute Gasteiger partial charge is 0.429 e. The van der Waals surface area contributed by atoms with Gasteiger partial charge in [-0.3, -0.25) is 9.78 Å². The Balaban J connectivity index is 2.66. The Labute approximate surface area is 143 Å². The maximum Gasteiger partial charge on any atom is 0.429 e. The topological polar surface area (TPSA) is 64.4 Å². The van der Waals surface area contributed by atoms with E-state index < -0.39 is 11.7 Å². The van der Waals surface area contributed by atoms with Crippen molar-refractivity contribution in [2.24, 2.45) is 0 Å². The molecule has 0 fully saturated rings. The lowest BCUT2D eigenvalue weighted by Crippen LogP contribution is -2.49. The van der Waals surface area contributed by atoms with Gasteiger partial charge in [-0.25, -0.2) is 14.5 Å². The van der Waals surface area contributed by atoms with Crippen LogP contribution in [0.25, 0.3) is 10.8 Å². The molecule has 2 heterocycles. The van der Waals surface area contributed by atoms with Gasteiger partial charge < -0.3 is 4.74 Å². The molecule has 0 aliphatic carbocycles. The number of halogens is 1. The Morgan fingerprint density at radius 1 is 1.39 bits per heavy atom. The first kappa shape index (κ1) is 17.5. The summed E-state index contributed by atoms with van der Waals surface area (Å²) in [6.07, 6.45) is 2.56. The van der Waals surface area contributed by atoms with E-state index in [-0.39, 0.29) is 5.56 Å². The summed E-state index contributed by atoms with van der Waals surface area (Å²) in [5.41, 5.74) is -0.319. The van der Waals surface area contributed by atoms with Crippen LogP contribution in [0.2, 0.25) is 0 Å². The third-order valence-electron chi connectivity index (χ3n) is 3.26. The van der Waals surface area contributed by atoms with E-state index in [0.717, 1.165) is 9.86 Å². The molecule has 0 radical (unpaired) electrons. The van der Waals surface area contributed by atoms with Crippen molar-refractivity contribution in [1.29, 1.82) is 0 Å². The molecule has 124 valence electrons.